The third-order valence-corrected chi connectivity index (χ3v) is 5.07. The van der Waals surface area contributed by atoms with Crippen LogP contribution in [0.4, 0.5) is 0 Å². The zero-order chi connectivity index (χ0) is 17.9. The van der Waals surface area contributed by atoms with E-state index in [2.05, 4.69) is 5.32 Å². The highest BCUT2D eigenvalue weighted by Gasteiger charge is 2.24. The van der Waals surface area contributed by atoms with Crippen molar-refractivity contribution < 1.29 is 14.4 Å². The molecule has 132 valence electrons. The van der Waals surface area contributed by atoms with Crippen LogP contribution in [0.15, 0.2) is 30.3 Å². The molecule has 0 saturated carbocycles. The fraction of sp³-hybridized carbons (Fsp3) is 0.471. The SMILES string of the molecule is CSCC[C@@H](NC(=O)[C@H](CSC(C)=O)Cc1ccccc1)C(N)=O. The van der Waals surface area contributed by atoms with Gasteiger partial charge in [0.1, 0.15) is 6.04 Å². The molecule has 7 heteroatoms. The fourth-order valence-corrected chi connectivity index (χ4v) is 3.33. The Balaban J connectivity index is 2.77. The second-order valence-electron chi connectivity index (χ2n) is 5.43. The molecule has 0 aliphatic rings. The first-order valence-electron chi connectivity index (χ1n) is 7.70. The number of nitrogens with one attached hydrogen (secondary N) is 1. The largest absolute Gasteiger partial charge is 0.368 e. The highest BCUT2D eigenvalue weighted by Crippen LogP contribution is 2.16. The van der Waals surface area contributed by atoms with Gasteiger partial charge in [-0.05, 0) is 30.4 Å². The number of hydrogen-bond acceptors (Lipinski definition) is 5. The van der Waals surface area contributed by atoms with Gasteiger partial charge in [-0.15, -0.1) is 0 Å². The Hall–Kier alpha value is -1.47. The van der Waals surface area contributed by atoms with Crippen LogP contribution >= 0.6 is 23.5 Å². The monoisotopic (exact) mass is 368 g/mol. The first-order chi connectivity index (χ1) is 11.4. The van der Waals surface area contributed by atoms with E-state index in [4.69, 9.17) is 5.73 Å². The number of thioether (sulfide) groups is 2. The van der Waals surface area contributed by atoms with Gasteiger partial charge in [-0.1, -0.05) is 42.1 Å². The van der Waals surface area contributed by atoms with Crippen LogP contribution in [0.2, 0.25) is 0 Å². The van der Waals surface area contributed by atoms with Gasteiger partial charge in [-0.3, -0.25) is 14.4 Å². The molecule has 0 radical (unpaired) electrons. The molecule has 0 unspecified atom stereocenters. The summed E-state index contributed by atoms with van der Waals surface area (Å²) in [6.45, 7) is 1.48. The van der Waals surface area contributed by atoms with Gasteiger partial charge in [-0.2, -0.15) is 11.8 Å². The summed E-state index contributed by atoms with van der Waals surface area (Å²) in [5.41, 5.74) is 6.39. The molecule has 1 aromatic rings. The van der Waals surface area contributed by atoms with E-state index in [-0.39, 0.29) is 11.0 Å². The molecule has 0 saturated heterocycles. The Morgan fingerprint density at radius 1 is 1.21 bits per heavy atom. The molecule has 3 N–H and O–H groups in total. The lowest BCUT2D eigenvalue weighted by Crippen LogP contribution is -2.47. The normalized spacial score (nSPS) is 13.1. The van der Waals surface area contributed by atoms with E-state index >= 15 is 0 Å². The van der Waals surface area contributed by atoms with Crippen LogP contribution in [0.5, 0.6) is 0 Å². The Morgan fingerprint density at radius 3 is 2.42 bits per heavy atom. The van der Waals surface area contributed by atoms with E-state index in [1.165, 1.54) is 6.92 Å². The smallest absolute Gasteiger partial charge is 0.240 e. The minimum Gasteiger partial charge on any atom is -0.368 e. The quantitative estimate of drug-likeness (QED) is 0.658. The molecule has 0 bridgehead atoms. The molecule has 1 rings (SSSR count). The van der Waals surface area contributed by atoms with E-state index in [9.17, 15) is 14.4 Å². The number of carbonyl (C=O) groups excluding carboxylic acids is 3. The van der Waals surface area contributed by atoms with Gasteiger partial charge in [0.25, 0.3) is 0 Å². The maximum absolute atomic E-state index is 12.6. The molecule has 0 spiro atoms. The van der Waals surface area contributed by atoms with Gasteiger partial charge in [-0.25, -0.2) is 0 Å². The van der Waals surface area contributed by atoms with Crippen LogP contribution in [0.1, 0.15) is 18.9 Å². The van der Waals surface area contributed by atoms with Crippen molar-refractivity contribution in [1.29, 1.82) is 0 Å². The van der Waals surface area contributed by atoms with Crippen molar-refractivity contribution in [3.63, 3.8) is 0 Å². The van der Waals surface area contributed by atoms with E-state index in [1.807, 2.05) is 36.6 Å². The third-order valence-electron chi connectivity index (χ3n) is 3.45. The highest BCUT2D eigenvalue weighted by atomic mass is 32.2. The topological polar surface area (TPSA) is 89.3 Å². The number of benzene rings is 1. The summed E-state index contributed by atoms with van der Waals surface area (Å²) in [6.07, 6.45) is 2.95. The highest BCUT2D eigenvalue weighted by molar-refractivity contribution is 8.13. The standard InChI is InChI=1S/C17H24N2O3S2/c1-12(20)24-11-14(10-13-6-4-3-5-7-13)17(22)19-15(16(18)21)8-9-23-2/h3-7,14-15H,8-11H2,1-2H3,(H2,18,21)(H,19,22)/t14-,15+/m0/s1. The van der Waals surface area contributed by atoms with Crippen molar-refractivity contribution in [3.8, 4) is 0 Å². The fourth-order valence-electron chi connectivity index (χ4n) is 2.15. The lowest BCUT2D eigenvalue weighted by atomic mass is 9.99. The van der Waals surface area contributed by atoms with Gasteiger partial charge in [0.2, 0.25) is 11.8 Å². The lowest BCUT2D eigenvalue weighted by molar-refractivity contribution is -0.129. The summed E-state index contributed by atoms with van der Waals surface area (Å²) in [4.78, 5) is 35.4. The number of carbonyl (C=O) groups is 3. The first kappa shape index (κ1) is 20.6. The van der Waals surface area contributed by atoms with E-state index in [0.29, 0.717) is 18.6 Å². The number of amides is 2. The van der Waals surface area contributed by atoms with Crippen molar-refractivity contribution in [2.75, 3.05) is 17.8 Å². The average Bonchev–Trinajstić information content (AvgIpc) is 2.55. The molecule has 0 aliphatic carbocycles. The maximum Gasteiger partial charge on any atom is 0.240 e. The predicted octanol–water partition coefficient (Wildman–Crippen LogP) is 1.85. The van der Waals surface area contributed by atoms with Gasteiger partial charge in [0.05, 0.1) is 5.92 Å². The van der Waals surface area contributed by atoms with Crippen LogP contribution in [0.25, 0.3) is 0 Å². The summed E-state index contributed by atoms with van der Waals surface area (Å²) in [6, 6.07) is 8.94. The molecule has 0 aromatic heterocycles. The summed E-state index contributed by atoms with van der Waals surface area (Å²) in [5.74, 6) is -0.0474. The minimum atomic E-state index is -0.675. The predicted molar refractivity (Wildman–Crippen MR) is 101 cm³/mol. The Bertz CT molecular complexity index is 552. The molecular formula is C17H24N2O3S2. The Morgan fingerprint density at radius 2 is 1.88 bits per heavy atom. The molecule has 0 fully saturated rings. The first-order valence-corrected chi connectivity index (χ1v) is 10.1. The Kier molecular flexibility index (Phi) is 9.56. The van der Waals surface area contributed by atoms with Crippen molar-refractivity contribution >= 4 is 40.5 Å². The van der Waals surface area contributed by atoms with E-state index in [0.717, 1.165) is 23.1 Å². The second kappa shape index (κ2) is 11.1. The summed E-state index contributed by atoms with van der Waals surface area (Å²) in [7, 11) is 0. The van der Waals surface area contributed by atoms with Gasteiger partial charge in [0.15, 0.2) is 5.12 Å². The summed E-state index contributed by atoms with van der Waals surface area (Å²) < 4.78 is 0. The molecule has 5 nitrogen and oxygen atoms in total. The van der Waals surface area contributed by atoms with E-state index < -0.39 is 17.9 Å². The molecule has 0 aliphatic heterocycles. The molecule has 2 amide bonds. The third kappa shape index (κ3) is 7.88. The molecule has 2 atom stereocenters. The van der Waals surface area contributed by atoms with Crippen molar-refractivity contribution in [1.82, 2.24) is 5.32 Å². The zero-order valence-electron chi connectivity index (χ0n) is 14.0. The number of rotatable bonds is 10. The molecule has 0 heterocycles. The van der Waals surface area contributed by atoms with E-state index in [1.54, 1.807) is 11.8 Å². The van der Waals surface area contributed by atoms with Crippen LogP contribution in [0.3, 0.4) is 0 Å². The lowest BCUT2D eigenvalue weighted by Gasteiger charge is -2.20. The van der Waals surface area contributed by atoms with Crippen molar-refractivity contribution in [2.24, 2.45) is 11.7 Å². The zero-order valence-corrected chi connectivity index (χ0v) is 15.6. The van der Waals surface area contributed by atoms with Crippen molar-refractivity contribution in [2.45, 2.75) is 25.8 Å². The molecule has 1 aromatic carbocycles. The van der Waals surface area contributed by atoms with Crippen LogP contribution in [0, 0.1) is 5.92 Å². The van der Waals surface area contributed by atoms with Gasteiger partial charge >= 0.3 is 0 Å². The average molecular weight is 369 g/mol. The maximum atomic E-state index is 12.6. The van der Waals surface area contributed by atoms with Gasteiger partial charge < -0.3 is 11.1 Å². The van der Waals surface area contributed by atoms with Crippen LogP contribution < -0.4 is 11.1 Å². The molecular weight excluding hydrogens is 344 g/mol. The van der Waals surface area contributed by atoms with Crippen molar-refractivity contribution in [3.05, 3.63) is 35.9 Å². The number of nitrogens with two attached hydrogens (primary N) is 1. The van der Waals surface area contributed by atoms with Gasteiger partial charge in [0, 0.05) is 12.7 Å². The van der Waals surface area contributed by atoms with Crippen LogP contribution in [-0.2, 0) is 20.8 Å². The minimum absolute atomic E-state index is 0.0327. The number of primary amides is 1. The summed E-state index contributed by atoms with van der Waals surface area (Å²) >= 11 is 2.71. The second-order valence-corrected chi connectivity index (χ2v) is 7.62. The summed E-state index contributed by atoms with van der Waals surface area (Å²) in [5, 5.41) is 2.71. The number of hydrogen-bond donors (Lipinski definition) is 2. The molecule has 24 heavy (non-hydrogen) atoms. The Labute approximate surface area is 151 Å². The van der Waals surface area contributed by atoms with Crippen LogP contribution in [-0.4, -0.2) is 40.7 Å².